The van der Waals surface area contributed by atoms with Crippen LogP contribution in [-0.2, 0) is 25.1 Å². The summed E-state index contributed by atoms with van der Waals surface area (Å²) in [6.45, 7) is 2.28. The fourth-order valence-electron chi connectivity index (χ4n) is 2.38. The maximum atomic E-state index is 12.3. The van der Waals surface area contributed by atoms with Gasteiger partial charge < -0.3 is 9.47 Å². The van der Waals surface area contributed by atoms with Gasteiger partial charge in [0, 0.05) is 6.61 Å². The fourth-order valence-corrected chi connectivity index (χ4v) is 4.37. The van der Waals surface area contributed by atoms with Gasteiger partial charge in [-0.15, -0.1) is 0 Å². The summed E-state index contributed by atoms with van der Waals surface area (Å²) >= 11 is 0. The summed E-state index contributed by atoms with van der Waals surface area (Å²) in [6, 6.07) is 6.44. The van der Waals surface area contributed by atoms with Crippen molar-refractivity contribution in [2.75, 3.05) is 13.7 Å². The van der Waals surface area contributed by atoms with E-state index in [9.17, 15) is 13.2 Å². The standard InChI is InChI=1S/C14H18O5S/c1-10-13(7-8-19-10)20(16,17)9-11-3-5-12(6-4-11)14(15)18-2/h3-6,10,13H,7-9H2,1-2H3. The minimum Gasteiger partial charge on any atom is -0.465 e. The van der Waals surface area contributed by atoms with Gasteiger partial charge in [-0.1, -0.05) is 12.1 Å². The zero-order valence-corrected chi connectivity index (χ0v) is 12.4. The number of ether oxygens (including phenoxy) is 2. The van der Waals surface area contributed by atoms with Gasteiger partial charge >= 0.3 is 5.97 Å². The highest BCUT2D eigenvalue weighted by Gasteiger charge is 2.35. The van der Waals surface area contributed by atoms with Crippen LogP contribution in [0.4, 0.5) is 0 Å². The zero-order chi connectivity index (χ0) is 14.8. The van der Waals surface area contributed by atoms with Crippen LogP contribution in [0, 0.1) is 0 Å². The molecule has 2 unspecified atom stereocenters. The number of esters is 1. The van der Waals surface area contributed by atoms with Crippen molar-refractivity contribution in [2.45, 2.75) is 30.5 Å². The monoisotopic (exact) mass is 298 g/mol. The quantitative estimate of drug-likeness (QED) is 0.789. The molecule has 6 heteroatoms. The highest BCUT2D eigenvalue weighted by Crippen LogP contribution is 2.24. The number of benzene rings is 1. The minimum absolute atomic E-state index is 0.0349. The molecule has 110 valence electrons. The first-order valence-electron chi connectivity index (χ1n) is 6.44. The number of hydrogen-bond acceptors (Lipinski definition) is 5. The van der Waals surface area contributed by atoms with Crippen molar-refractivity contribution in [2.24, 2.45) is 0 Å². The Labute approximate surface area is 118 Å². The van der Waals surface area contributed by atoms with Crippen LogP contribution in [0.2, 0.25) is 0 Å². The topological polar surface area (TPSA) is 69.7 Å². The number of sulfone groups is 1. The molecular formula is C14H18O5S. The molecule has 0 radical (unpaired) electrons. The normalized spacial score (nSPS) is 22.7. The summed E-state index contributed by atoms with van der Waals surface area (Å²) < 4.78 is 34.5. The second kappa shape index (κ2) is 5.93. The first-order chi connectivity index (χ1) is 9.44. The molecule has 1 saturated heterocycles. The number of carbonyl (C=O) groups is 1. The average molecular weight is 298 g/mol. The lowest BCUT2D eigenvalue weighted by molar-refractivity contribution is 0.0600. The molecule has 1 fully saturated rings. The molecule has 2 rings (SSSR count). The zero-order valence-electron chi connectivity index (χ0n) is 11.5. The highest BCUT2D eigenvalue weighted by molar-refractivity contribution is 7.91. The van der Waals surface area contributed by atoms with E-state index in [1.54, 1.807) is 31.2 Å². The third-order valence-corrected chi connectivity index (χ3v) is 5.79. The number of carbonyl (C=O) groups excluding carboxylic acids is 1. The lowest BCUT2D eigenvalue weighted by atomic mass is 10.1. The molecular weight excluding hydrogens is 280 g/mol. The van der Waals surface area contributed by atoms with Gasteiger partial charge in [0.25, 0.3) is 0 Å². The van der Waals surface area contributed by atoms with E-state index >= 15 is 0 Å². The molecule has 1 aromatic carbocycles. The molecule has 1 aromatic rings. The molecule has 0 aliphatic carbocycles. The first kappa shape index (κ1) is 15.0. The van der Waals surface area contributed by atoms with Crippen molar-refractivity contribution in [3.8, 4) is 0 Å². The average Bonchev–Trinajstić information content (AvgIpc) is 2.85. The van der Waals surface area contributed by atoms with E-state index in [1.165, 1.54) is 7.11 Å². The second-order valence-corrected chi connectivity index (χ2v) is 7.12. The van der Waals surface area contributed by atoms with Crippen LogP contribution in [0.25, 0.3) is 0 Å². The molecule has 2 atom stereocenters. The summed E-state index contributed by atoms with van der Waals surface area (Å²) in [7, 11) is -1.93. The summed E-state index contributed by atoms with van der Waals surface area (Å²) in [5.41, 5.74) is 1.07. The van der Waals surface area contributed by atoms with E-state index in [0.29, 0.717) is 24.2 Å². The Hall–Kier alpha value is -1.40. The number of hydrogen-bond donors (Lipinski definition) is 0. The van der Waals surface area contributed by atoms with Crippen molar-refractivity contribution in [3.63, 3.8) is 0 Å². The van der Waals surface area contributed by atoms with Crippen molar-refractivity contribution in [1.82, 2.24) is 0 Å². The van der Waals surface area contributed by atoms with E-state index in [-0.39, 0.29) is 11.9 Å². The van der Waals surface area contributed by atoms with Crippen LogP contribution in [0.5, 0.6) is 0 Å². The fraction of sp³-hybridized carbons (Fsp3) is 0.500. The van der Waals surface area contributed by atoms with Crippen LogP contribution < -0.4 is 0 Å². The summed E-state index contributed by atoms with van der Waals surface area (Å²) in [5, 5.41) is -0.442. The van der Waals surface area contributed by atoms with E-state index in [2.05, 4.69) is 4.74 Å². The van der Waals surface area contributed by atoms with Gasteiger partial charge in [0.15, 0.2) is 9.84 Å². The Morgan fingerprint density at radius 1 is 1.35 bits per heavy atom. The van der Waals surface area contributed by atoms with E-state index in [1.807, 2.05) is 0 Å². The predicted octanol–water partition coefficient (Wildman–Crippen LogP) is 1.57. The summed E-state index contributed by atoms with van der Waals surface area (Å²) in [4.78, 5) is 11.3. The molecule has 0 bridgehead atoms. The number of methoxy groups -OCH3 is 1. The van der Waals surface area contributed by atoms with Crippen molar-refractivity contribution in [3.05, 3.63) is 35.4 Å². The largest absolute Gasteiger partial charge is 0.465 e. The van der Waals surface area contributed by atoms with Crippen molar-refractivity contribution >= 4 is 15.8 Å². The molecule has 0 saturated carbocycles. The van der Waals surface area contributed by atoms with Crippen LogP contribution in [0.15, 0.2) is 24.3 Å². The number of rotatable bonds is 4. The van der Waals surface area contributed by atoms with Crippen LogP contribution >= 0.6 is 0 Å². The maximum Gasteiger partial charge on any atom is 0.337 e. The van der Waals surface area contributed by atoms with Gasteiger partial charge in [-0.05, 0) is 31.0 Å². The molecule has 0 aromatic heterocycles. The van der Waals surface area contributed by atoms with Crippen LogP contribution in [-0.4, -0.2) is 39.5 Å². The molecule has 5 nitrogen and oxygen atoms in total. The molecule has 1 aliphatic heterocycles. The Balaban J connectivity index is 2.11. The Bertz CT molecular complexity index is 576. The lowest BCUT2D eigenvalue weighted by Crippen LogP contribution is -2.29. The van der Waals surface area contributed by atoms with E-state index in [4.69, 9.17) is 4.74 Å². The SMILES string of the molecule is COC(=O)c1ccc(CS(=O)(=O)C2CCOC2C)cc1. The lowest BCUT2D eigenvalue weighted by Gasteiger charge is -2.15. The van der Waals surface area contributed by atoms with E-state index in [0.717, 1.165) is 0 Å². The smallest absolute Gasteiger partial charge is 0.337 e. The molecule has 1 heterocycles. The van der Waals surface area contributed by atoms with Crippen LogP contribution in [0.1, 0.15) is 29.3 Å². The minimum atomic E-state index is -3.24. The Morgan fingerprint density at radius 2 is 2.00 bits per heavy atom. The van der Waals surface area contributed by atoms with Crippen molar-refractivity contribution < 1.29 is 22.7 Å². The Morgan fingerprint density at radius 3 is 2.50 bits per heavy atom. The first-order valence-corrected chi connectivity index (χ1v) is 8.16. The molecule has 0 spiro atoms. The summed E-state index contributed by atoms with van der Waals surface area (Å²) in [5.74, 6) is -0.468. The predicted molar refractivity (Wildman–Crippen MR) is 74.2 cm³/mol. The van der Waals surface area contributed by atoms with Gasteiger partial charge in [0.2, 0.25) is 0 Å². The van der Waals surface area contributed by atoms with Crippen LogP contribution in [0.3, 0.4) is 0 Å². The molecule has 20 heavy (non-hydrogen) atoms. The molecule has 0 amide bonds. The third-order valence-electron chi connectivity index (χ3n) is 3.51. The van der Waals surface area contributed by atoms with Gasteiger partial charge in [0.1, 0.15) is 0 Å². The summed E-state index contributed by atoms with van der Waals surface area (Å²) in [6.07, 6.45) is 0.290. The maximum absolute atomic E-state index is 12.3. The molecule has 1 aliphatic rings. The van der Waals surface area contributed by atoms with E-state index < -0.39 is 21.1 Å². The third kappa shape index (κ3) is 3.19. The molecule has 0 N–H and O–H groups in total. The van der Waals surface area contributed by atoms with Crippen molar-refractivity contribution in [1.29, 1.82) is 0 Å². The second-order valence-electron chi connectivity index (χ2n) is 4.90. The Kier molecular flexibility index (Phi) is 4.45. The van der Waals surface area contributed by atoms with Gasteiger partial charge in [-0.2, -0.15) is 0 Å². The highest BCUT2D eigenvalue weighted by atomic mass is 32.2. The van der Waals surface area contributed by atoms with Gasteiger partial charge in [-0.25, -0.2) is 13.2 Å². The van der Waals surface area contributed by atoms with Gasteiger partial charge in [-0.3, -0.25) is 0 Å². The van der Waals surface area contributed by atoms with Gasteiger partial charge in [0.05, 0.1) is 29.8 Å².